The molecule has 3 aromatic heterocycles. The summed E-state index contributed by atoms with van der Waals surface area (Å²) in [6.07, 6.45) is 0. The Morgan fingerprint density at radius 3 is 0.824 bits per heavy atom. The predicted octanol–water partition coefficient (Wildman–Crippen LogP) is 16.0. The molecule has 0 atom stereocenters. The van der Waals surface area contributed by atoms with Crippen LogP contribution in [0.5, 0.6) is 23.0 Å². The molecule has 0 saturated carbocycles. The second kappa shape index (κ2) is 19.1. The van der Waals surface area contributed by atoms with Crippen molar-refractivity contribution in [2.24, 2.45) is 0 Å². The highest BCUT2D eigenvalue weighted by Gasteiger charge is 2.22. The van der Waals surface area contributed by atoms with Crippen LogP contribution in [0.1, 0.15) is 9.75 Å². The molecule has 0 saturated heterocycles. The number of ether oxygens (including phenoxy) is 4. The molecule has 8 nitrogen and oxygen atoms in total. The first-order valence-corrected chi connectivity index (χ1v) is 23.8. The van der Waals surface area contributed by atoms with Crippen LogP contribution in [0.3, 0.4) is 0 Å². The van der Waals surface area contributed by atoms with Gasteiger partial charge in [0.25, 0.3) is 0 Å². The number of hydrogen-bond donors (Lipinski definition) is 0. The summed E-state index contributed by atoms with van der Waals surface area (Å²) in [5, 5.41) is 0. The molecule has 0 bridgehead atoms. The highest BCUT2D eigenvalue weighted by molar-refractivity contribution is 7.16. The van der Waals surface area contributed by atoms with Gasteiger partial charge in [0.1, 0.15) is 34.4 Å². The van der Waals surface area contributed by atoms with E-state index >= 15 is 0 Å². The third-order valence-electron chi connectivity index (χ3n) is 12.0. The Labute approximate surface area is 404 Å². The van der Waals surface area contributed by atoms with Crippen molar-refractivity contribution in [1.82, 2.24) is 9.97 Å². The largest absolute Gasteiger partial charge is 0.497 e. The zero-order valence-corrected chi connectivity index (χ0v) is 40.2. The van der Waals surface area contributed by atoms with Crippen molar-refractivity contribution < 1.29 is 18.9 Å². The van der Waals surface area contributed by atoms with Crippen LogP contribution in [0.25, 0.3) is 54.4 Å². The Morgan fingerprint density at radius 1 is 0.324 bits per heavy atom. The van der Waals surface area contributed by atoms with Crippen molar-refractivity contribution >= 4 is 67.8 Å². The van der Waals surface area contributed by atoms with Crippen molar-refractivity contribution in [3.05, 3.63) is 192 Å². The van der Waals surface area contributed by atoms with Gasteiger partial charge in [0.2, 0.25) is 0 Å². The third kappa shape index (κ3) is 8.75. The smallest absolute Gasteiger partial charge is 0.119 e. The number of nitrogens with zero attached hydrogens (tertiary/aromatic N) is 4. The van der Waals surface area contributed by atoms with Gasteiger partial charge in [0.05, 0.1) is 49.2 Å². The fourth-order valence-electron chi connectivity index (χ4n) is 8.47. The summed E-state index contributed by atoms with van der Waals surface area (Å²) in [6, 6.07) is 62.8. The Bertz CT molecular complexity index is 3010. The Kier molecular flexibility index (Phi) is 12.4. The zero-order valence-electron chi connectivity index (χ0n) is 38.6. The summed E-state index contributed by atoms with van der Waals surface area (Å²) in [5.74, 6) is 3.18. The fourth-order valence-corrected chi connectivity index (χ4v) is 10.2. The van der Waals surface area contributed by atoms with Crippen molar-refractivity contribution in [3.63, 3.8) is 0 Å². The lowest BCUT2D eigenvalue weighted by Crippen LogP contribution is -2.10. The average molecular weight is 929 g/mol. The van der Waals surface area contributed by atoms with Crippen LogP contribution in [0.2, 0.25) is 0 Å². The van der Waals surface area contributed by atoms with Gasteiger partial charge in [-0.2, -0.15) is 0 Å². The number of fused-ring (bicyclic) bond motifs is 1. The SMILES string of the molecule is COc1ccc(N(c2ccc(OC)cc2)c2ccc(-c3ccc(-c4ccc(N(c5ccc(OC)cc5)c5ccc(OC)cc5)cc4)c4nc(-c5ccc(C)s5)c(-c5ccc(C)s5)nc34)cc2)cc1. The minimum Gasteiger partial charge on any atom is -0.497 e. The molecule has 0 amide bonds. The number of thiophene rings is 2. The van der Waals surface area contributed by atoms with E-state index in [2.05, 4.69) is 157 Å². The Balaban J connectivity index is 1.11. The van der Waals surface area contributed by atoms with E-state index in [1.54, 1.807) is 51.1 Å². The van der Waals surface area contributed by atoms with Gasteiger partial charge in [-0.25, -0.2) is 9.97 Å². The molecule has 3 heterocycles. The first kappa shape index (κ1) is 43.9. The maximum absolute atomic E-state index is 5.64. The van der Waals surface area contributed by atoms with E-state index in [-0.39, 0.29) is 0 Å². The first-order valence-electron chi connectivity index (χ1n) is 22.2. The van der Waals surface area contributed by atoms with E-state index in [1.807, 2.05) is 48.5 Å². The highest BCUT2D eigenvalue weighted by Crippen LogP contribution is 2.44. The summed E-state index contributed by atoms with van der Waals surface area (Å²) in [6.45, 7) is 4.27. The molecule has 7 aromatic carbocycles. The zero-order chi connectivity index (χ0) is 46.7. The number of rotatable bonds is 14. The van der Waals surface area contributed by atoms with Gasteiger partial charge < -0.3 is 28.7 Å². The van der Waals surface area contributed by atoms with E-state index in [1.165, 1.54) is 9.75 Å². The number of aromatic nitrogens is 2. The van der Waals surface area contributed by atoms with Crippen LogP contribution in [-0.4, -0.2) is 38.4 Å². The molecule has 0 aliphatic heterocycles. The van der Waals surface area contributed by atoms with Gasteiger partial charge in [0.15, 0.2) is 0 Å². The summed E-state index contributed by atoms with van der Waals surface area (Å²) < 4.78 is 22.0. The normalized spacial score (nSPS) is 11.1. The van der Waals surface area contributed by atoms with Gasteiger partial charge in [-0.05, 0) is 171 Å². The van der Waals surface area contributed by atoms with Crippen molar-refractivity contribution in [1.29, 1.82) is 0 Å². The molecular formula is C58H48N4O4S2. The quantitative estimate of drug-likeness (QED) is 0.107. The second-order valence-electron chi connectivity index (χ2n) is 16.2. The van der Waals surface area contributed by atoms with Crippen molar-refractivity contribution in [2.75, 3.05) is 38.2 Å². The van der Waals surface area contributed by atoms with Gasteiger partial charge in [-0.3, -0.25) is 0 Å². The summed E-state index contributed by atoms with van der Waals surface area (Å²) in [5.41, 5.74) is 13.5. The number of benzene rings is 7. The summed E-state index contributed by atoms with van der Waals surface area (Å²) in [4.78, 5) is 20.3. The van der Waals surface area contributed by atoms with E-state index in [9.17, 15) is 0 Å². The molecule has 0 radical (unpaired) electrons. The number of aryl methyl sites for hydroxylation is 2. The molecule has 0 fully saturated rings. The van der Waals surface area contributed by atoms with E-state index in [4.69, 9.17) is 28.9 Å². The molecule has 0 N–H and O–H groups in total. The Morgan fingerprint density at radius 2 is 0.588 bits per heavy atom. The summed E-state index contributed by atoms with van der Waals surface area (Å²) >= 11 is 3.48. The molecule has 10 heteroatoms. The summed E-state index contributed by atoms with van der Waals surface area (Å²) in [7, 11) is 6.73. The van der Waals surface area contributed by atoms with Crippen LogP contribution >= 0.6 is 22.7 Å². The maximum Gasteiger partial charge on any atom is 0.119 e. The van der Waals surface area contributed by atoms with Crippen molar-refractivity contribution in [3.8, 4) is 66.4 Å². The monoisotopic (exact) mass is 928 g/mol. The van der Waals surface area contributed by atoms with E-state index in [0.29, 0.717) is 0 Å². The predicted molar refractivity (Wildman–Crippen MR) is 282 cm³/mol. The molecular weight excluding hydrogens is 881 g/mol. The van der Waals surface area contributed by atoms with Crippen LogP contribution in [0, 0.1) is 13.8 Å². The van der Waals surface area contributed by atoms with Crippen molar-refractivity contribution in [2.45, 2.75) is 13.8 Å². The van der Waals surface area contributed by atoms with Crippen LogP contribution in [0.4, 0.5) is 34.1 Å². The van der Waals surface area contributed by atoms with Crippen LogP contribution in [0.15, 0.2) is 182 Å². The van der Waals surface area contributed by atoms with Gasteiger partial charge >= 0.3 is 0 Å². The topological polar surface area (TPSA) is 69.2 Å². The number of anilines is 6. The molecule has 336 valence electrons. The third-order valence-corrected chi connectivity index (χ3v) is 14.0. The second-order valence-corrected chi connectivity index (χ2v) is 18.7. The maximum atomic E-state index is 5.64. The molecule has 0 aliphatic rings. The van der Waals surface area contributed by atoms with Gasteiger partial charge in [-0.15, -0.1) is 22.7 Å². The minimum atomic E-state index is 0.796. The first-order chi connectivity index (χ1) is 33.3. The fraction of sp³-hybridized carbons (Fsp3) is 0.103. The van der Waals surface area contributed by atoms with Crippen LogP contribution in [-0.2, 0) is 0 Å². The molecule has 10 aromatic rings. The highest BCUT2D eigenvalue weighted by atomic mass is 32.1. The molecule has 68 heavy (non-hydrogen) atoms. The molecule has 10 rings (SSSR count). The van der Waals surface area contributed by atoms with E-state index in [0.717, 1.165) is 112 Å². The molecule has 0 spiro atoms. The number of hydrogen-bond acceptors (Lipinski definition) is 10. The van der Waals surface area contributed by atoms with Crippen LogP contribution < -0.4 is 28.7 Å². The minimum absolute atomic E-state index is 0.796. The van der Waals surface area contributed by atoms with Gasteiger partial charge in [-0.1, -0.05) is 36.4 Å². The lowest BCUT2D eigenvalue weighted by atomic mass is 9.96. The lowest BCUT2D eigenvalue weighted by Gasteiger charge is -2.26. The Hall–Kier alpha value is -7.92. The molecule has 0 aliphatic carbocycles. The number of methoxy groups -OCH3 is 4. The lowest BCUT2D eigenvalue weighted by molar-refractivity contribution is 0.414. The van der Waals surface area contributed by atoms with Gasteiger partial charge in [0, 0.05) is 55.0 Å². The average Bonchev–Trinajstić information content (AvgIpc) is 4.04. The standard InChI is InChI=1S/C58H48N4O4S2/c1-37-7-35-53(67-37)57-58(54-36-8-38(2)68-54)60-56-52(40-11-15-42(16-12-40)62(45-21-29-49(65-5)30-22-45)46-23-31-50(66-6)32-24-46)34-33-51(55(56)59-57)39-9-13-41(14-10-39)61(43-17-25-47(63-3)26-18-43)44-19-27-48(64-4)28-20-44/h7-36H,1-6H3. The molecule has 0 unspecified atom stereocenters. The van der Waals surface area contributed by atoms with E-state index < -0.39 is 0 Å².